The van der Waals surface area contributed by atoms with Crippen molar-refractivity contribution in [3.8, 4) is 22.2 Å². The Morgan fingerprint density at radius 1 is 1.12 bits per heavy atom. The topological polar surface area (TPSA) is 65.0 Å². The van der Waals surface area contributed by atoms with Crippen molar-refractivity contribution in [2.24, 2.45) is 0 Å². The van der Waals surface area contributed by atoms with Crippen LogP contribution in [-0.4, -0.2) is 15.2 Å². The van der Waals surface area contributed by atoms with E-state index in [0.29, 0.717) is 27.8 Å². The highest BCUT2D eigenvalue weighted by molar-refractivity contribution is 7.98. The van der Waals surface area contributed by atoms with Gasteiger partial charge in [-0.2, -0.15) is 0 Å². The zero-order chi connectivity index (χ0) is 17.2. The summed E-state index contributed by atoms with van der Waals surface area (Å²) in [6.07, 6.45) is 0. The maximum absolute atomic E-state index is 5.99. The highest BCUT2D eigenvalue weighted by Gasteiger charge is 2.15. The standard InChI is InChI=1S/C17H12ClN3O2S2/c1-10-13(19-16(22-10)14-6-3-7-24-14)9-25-17-21-20-15(23-17)11-4-2-5-12(18)8-11/h2-8H,9H2,1H3. The van der Waals surface area contributed by atoms with Crippen LogP contribution >= 0.6 is 34.7 Å². The molecule has 0 amide bonds. The predicted molar refractivity (Wildman–Crippen MR) is 98.9 cm³/mol. The summed E-state index contributed by atoms with van der Waals surface area (Å²) in [5, 5.41) is 11.2. The molecule has 0 bridgehead atoms. The molecule has 25 heavy (non-hydrogen) atoms. The monoisotopic (exact) mass is 389 g/mol. The number of rotatable bonds is 5. The van der Waals surface area contributed by atoms with E-state index in [0.717, 1.165) is 21.9 Å². The number of thiophene rings is 1. The van der Waals surface area contributed by atoms with E-state index in [-0.39, 0.29) is 0 Å². The van der Waals surface area contributed by atoms with E-state index < -0.39 is 0 Å². The molecule has 0 atom stereocenters. The van der Waals surface area contributed by atoms with Gasteiger partial charge in [-0.25, -0.2) is 4.98 Å². The number of thioether (sulfide) groups is 1. The summed E-state index contributed by atoms with van der Waals surface area (Å²) in [5.74, 6) is 2.48. The van der Waals surface area contributed by atoms with Crippen LogP contribution in [0.3, 0.4) is 0 Å². The Hall–Kier alpha value is -2.09. The number of benzene rings is 1. The number of nitrogens with zero attached hydrogens (tertiary/aromatic N) is 3. The van der Waals surface area contributed by atoms with Gasteiger partial charge in [0.05, 0.1) is 10.6 Å². The molecule has 126 valence electrons. The lowest BCUT2D eigenvalue weighted by atomic mass is 10.2. The molecule has 0 fully saturated rings. The Kier molecular flexibility index (Phi) is 4.61. The van der Waals surface area contributed by atoms with Gasteiger partial charge < -0.3 is 8.83 Å². The van der Waals surface area contributed by atoms with Crippen molar-refractivity contribution in [3.05, 3.63) is 58.3 Å². The molecule has 1 aromatic carbocycles. The Bertz CT molecular complexity index is 995. The van der Waals surface area contributed by atoms with Crippen LogP contribution in [0.25, 0.3) is 22.2 Å². The predicted octanol–water partition coefficient (Wildman–Crippen LogP) is 5.71. The summed E-state index contributed by atoms with van der Waals surface area (Å²) in [7, 11) is 0. The van der Waals surface area contributed by atoms with Gasteiger partial charge in [-0.1, -0.05) is 35.5 Å². The highest BCUT2D eigenvalue weighted by Crippen LogP contribution is 2.30. The number of hydrogen-bond acceptors (Lipinski definition) is 7. The Morgan fingerprint density at radius 2 is 2.04 bits per heavy atom. The second-order valence-corrected chi connectivity index (χ2v) is 7.48. The molecule has 0 spiro atoms. The Morgan fingerprint density at radius 3 is 2.84 bits per heavy atom. The molecular formula is C17H12ClN3O2S2. The van der Waals surface area contributed by atoms with Crippen molar-refractivity contribution in [1.29, 1.82) is 0 Å². The van der Waals surface area contributed by atoms with Crippen LogP contribution in [0.4, 0.5) is 0 Å². The van der Waals surface area contributed by atoms with Gasteiger partial charge in [0.15, 0.2) is 0 Å². The van der Waals surface area contributed by atoms with Gasteiger partial charge in [0.25, 0.3) is 5.22 Å². The smallest absolute Gasteiger partial charge is 0.277 e. The molecule has 0 saturated heterocycles. The van der Waals surface area contributed by atoms with Crippen molar-refractivity contribution in [3.63, 3.8) is 0 Å². The molecule has 0 radical (unpaired) electrons. The molecular weight excluding hydrogens is 378 g/mol. The summed E-state index contributed by atoms with van der Waals surface area (Å²) < 4.78 is 11.4. The molecule has 0 saturated carbocycles. The molecule has 5 nitrogen and oxygen atoms in total. The quantitative estimate of drug-likeness (QED) is 0.407. The molecule has 0 aliphatic heterocycles. The average molecular weight is 390 g/mol. The maximum Gasteiger partial charge on any atom is 0.277 e. The van der Waals surface area contributed by atoms with Gasteiger partial charge in [-0.3, -0.25) is 0 Å². The van der Waals surface area contributed by atoms with E-state index in [4.69, 9.17) is 20.4 Å². The molecule has 0 aliphatic carbocycles. The lowest BCUT2D eigenvalue weighted by Crippen LogP contribution is -1.84. The van der Waals surface area contributed by atoms with Gasteiger partial charge in [-0.05, 0) is 36.6 Å². The van der Waals surface area contributed by atoms with Crippen LogP contribution in [0.5, 0.6) is 0 Å². The van der Waals surface area contributed by atoms with E-state index in [9.17, 15) is 0 Å². The van der Waals surface area contributed by atoms with E-state index in [1.807, 2.05) is 36.6 Å². The largest absolute Gasteiger partial charge is 0.440 e. The summed E-state index contributed by atoms with van der Waals surface area (Å²) in [4.78, 5) is 5.57. The minimum Gasteiger partial charge on any atom is -0.440 e. The van der Waals surface area contributed by atoms with Crippen molar-refractivity contribution < 1.29 is 8.83 Å². The molecule has 3 heterocycles. The lowest BCUT2D eigenvalue weighted by molar-refractivity contribution is 0.465. The molecule has 8 heteroatoms. The van der Waals surface area contributed by atoms with Crippen LogP contribution in [0.1, 0.15) is 11.5 Å². The summed E-state index contributed by atoms with van der Waals surface area (Å²) in [5.41, 5.74) is 1.67. The molecule has 0 unspecified atom stereocenters. The Balaban J connectivity index is 1.47. The lowest BCUT2D eigenvalue weighted by Gasteiger charge is -1.95. The van der Waals surface area contributed by atoms with Crippen molar-refractivity contribution in [1.82, 2.24) is 15.2 Å². The van der Waals surface area contributed by atoms with Gasteiger partial charge >= 0.3 is 0 Å². The first-order chi connectivity index (χ1) is 12.2. The number of oxazole rings is 1. The average Bonchev–Trinajstić information content (AvgIpc) is 3.34. The van der Waals surface area contributed by atoms with Crippen molar-refractivity contribution in [2.45, 2.75) is 17.9 Å². The summed E-state index contributed by atoms with van der Waals surface area (Å²) in [6, 6.07) is 11.3. The number of aryl methyl sites for hydroxylation is 1. The van der Waals surface area contributed by atoms with E-state index in [1.165, 1.54) is 11.8 Å². The highest BCUT2D eigenvalue weighted by atomic mass is 35.5. The normalized spacial score (nSPS) is 11.1. The number of aromatic nitrogens is 3. The fourth-order valence-corrected chi connectivity index (χ4v) is 3.81. The van der Waals surface area contributed by atoms with Gasteiger partial charge in [0.2, 0.25) is 11.8 Å². The third kappa shape index (κ3) is 3.63. The summed E-state index contributed by atoms with van der Waals surface area (Å²) >= 11 is 9.02. The third-order valence-electron chi connectivity index (χ3n) is 3.44. The van der Waals surface area contributed by atoms with Crippen molar-refractivity contribution in [2.75, 3.05) is 0 Å². The summed E-state index contributed by atoms with van der Waals surface area (Å²) in [6.45, 7) is 1.91. The van der Waals surface area contributed by atoms with Crippen LogP contribution in [0.2, 0.25) is 5.02 Å². The van der Waals surface area contributed by atoms with Crippen molar-refractivity contribution >= 4 is 34.7 Å². The fourth-order valence-electron chi connectivity index (χ4n) is 2.20. The molecule has 3 aromatic heterocycles. The number of halogens is 1. The minimum absolute atomic E-state index is 0.446. The fraction of sp³-hybridized carbons (Fsp3) is 0.118. The molecule has 4 rings (SSSR count). The van der Waals surface area contributed by atoms with E-state index in [1.54, 1.807) is 23.5 Å². The zero-order valence-electron chi connectivity index (χ0n) is 13.1. The van der Waals surface area contributed by atoms with Crippen LogP contribution in [-0.2, 0) is 5.75 Å². The van der Waals surface area contributed by atoms with Crippen LogP contribution in [0, 0.1) is 6.92 Å². The molecule has 0 aliphatic rings. The zero-order valence-corrected chi connectivity index (χ0v) is 15.5. The van der Waals surface area contributed by atoms with Crippen LogP contribution < -0.4 is 0 Å². The second-order valence-electron chi connectivity index (χ2n) is 5.17. The van der Waals surface area contributed by atoms with E-state index in [2.05, 4.69) is 15.2 Å². The first-order valence-electron chi connectivity index (χ1n) is 7.41. The maximum atomic E-state index is 5.99. The SMILES string of the molecule is Cc1oc(-c2cccs2)nc1CSc1nnc(-c2cccc(Cl)c2)o1. The molecule has 0 N–H and O–H groups in total. The van der Waals surface area contributed by atoms with Gasteiger partial charge in [-0.15, -0.1) is 21.5 Å². The minimum atomic E-state index is 0.446. The van der Waals surface area contributed by atoms with E-state index >= 15 is 0 Å². The Labute approximate surface area is 157 Å². The second kappa shape index (κ2) is 7.03. The third-order valence-corrected chi connectivity index (χ3v) is 5.36. The first kappa shape index (κ1) is 16.4. The number of hydrogen-bond donors (Lipinski definition) is 0. The van der Waals surface area contributed by atoms with Gasteiger partial charge in [0.1, 0.15) is 5.76 Å². The van der Waals surface area contributed by atoms with Gasteiger partial charge in [0, 0.05) is 16.3 Å². The molecule has 4 aromatic rings. The first-order valence-corrected chi connectivity index (χ1v) is 9.66. The van der Waals surface area contributed by atoms with Crippen LogP contribution in [0.15, 0.2) is 55.8 Å².